The number of carbonyl (C=O) groups is 1. The number of carbonyl (C=O) groups excluding carboxylic acids is 1. The largest absolute Gasteiger partial charge is 0.354 e. The normalized spacial score (nSPS) is 15.8. The molecule has 2 aliphatic heterocycles. The van der Waals surface area contributed by atoms with Gasteiger partial charge in [0, 0.05) is 60.2 Å². The fraction of sp³-hybridized carbons (Fsp3) is 0.321. The molecule has 0 unspecified atom stereocenters. The van der Waals surface area contributed by atoms with Crippen molar-refractivity contribution in [2.45, 2.75) is 32.2 Å². The number of benzene rings is 2. The lowest BCUT2D eigenvalue weighted by Crippen LogP contribution is -2.42. The Labute approximate surface area is 215 Å². The summed E-state index contributed by atoms with van der Waals surface area (Å²) in [5.74, 6) is 1.12. The zero-order chi connectivity index (χ0) is 24.5. The summed E-state index contributed by atoms with van der Waals surface area (Å²) in [5.41, 5.74) is 5.60. The fourth-order valence-electron chi connectivity index (χ4n) is 5.40. The molecule has 0 radical (unpaired) electrons. The van der Waals surface area contributed by atoms with Crippen LogP contribution in [0.4, 0.5) is 16.4 Å². The SMILES string of the molecule is O=C(Nc1cccc(Cl)c1)N1CCC(CNc2nccc(-c3cn4c5c(cccc35)CCC4)n2)CC1. The molecule has 7 nitrogen and oxygen atoms in total. The number of likely N-dealkylation sites (tertiary alicyclic amines) is 1. The van der Waals surface area contributed by atoms with E-state index in [0.717, 1.165) is 51.1 Å². The highest BCUT2D eigenvalue weighted by molar-refractivity contribution is 6.30. The van der Waals surface area contributed by atoms with Crippen LogP contribution in [0.25, 0.3) is 22.2 Å². The monoisotopic (exact) mass is 500 g/mol. The summed E-state index contributed by atoms with van der Waals surface area (Å²) in [6.45, 7) is 3.29. The van der Waals surface area contributed by atoms with Gasteiger partial charge in [0.2, 0.25) is 5.95 Å². The van der Waals surface area contributed by atoms with E-state index >= 15 is 0 Å². The van der Waals surface area contributed by atoms with Gasteiger partial charge in [0.05, 0.1) is 11.2 Å². The molecule has 2 aromatic carbocycles. The Bertz CT molecular complexity index is 1410. The molecule has 8 heteroatoms. The van der Waals surface area contributed by atoms with E-state index in [-0.39, 0.29) is 6.03 Å². The van der Waals surface area contributed by atoms with Crippen molar-refractivity contribution in [3.63, 3.8) is 0 Å². The Kier molecular flexibility index (Phi) is 6.23. The second kappa shape index (κ2) is 9.82. The zero-order valence-corrected chi connectivity index (χ0v) is 20.8. The van der Waals surface area contributed by atoms with E-state index in [0.29, 0.717) is 22.6 Å². The topological polar surface area (TPSA) is 75.1 Å². The van der Waals surface area contributed by atoms with Crippen LogP contribution in [-0.4, -0.2) is 45.1 Å². The number of hydrogen-bond acceptors (Lipinski definition) is 4. The summed E-state index contributed by atoms with van der Waals surface area (Å²) in [7, 11) is 0. The van der Waals surface area contributed by atoms with Crippen molar-refractivity contribution >= 4 is 40.2 Å². The molecule has 0 spiro atoms. The van der Waals surface area contributed by atoms with Crippen molar-refractivity contribution < 1.29 is 4.79 Å². The van der Waals surface area contributed by atoms with E-state index < -0.39 is 0 Å². The summed E-state index contributed by atoms with van der Waals surface area (Å²) in [6.07, 6.45) is 8.26. The van der Waals surface area contributed by atoms with Gasteiger partial charge < -0.3 is 20.1 Å². The fourth-order valence-corrected chi connectivity index (χ4v) is 5.59. The molecule has 0 saturated carbocycles. The number of hydrogen-bond donors (Lipinski definition) is 2. The van der Waals surface area contributed by atoms with Crippen molar-refractivity contribution in [1.82, 2.24) is 19.4 Å². The average Bonchev–Trinajstić information content (AvgIpc) is 3.29. The first kappa shape index (κ1) is 22.9. The maximum Gasteiger partial charge on any atom is 0.321 e. The molecular weight excluding hydrogens is 472 g/mol. The van der Waals surface area contributed by atoms with Gasteiger partial charge >= 0.3 is 6.03 Å². The molecule has 1 fully saturated rings. The number of amides is 2. The van der Waals surface area contributed by atoms with E-state index in [1.165, 1.54) is 28.5 Å². The van der Waals surface area contributed by atoms with E-state index in [2.05, 4.69) is 44.6 Å². The third-order valence-corrected chi connectivity index (χ3v) is 7.52. The number of aromatic nitrogens is 3. The maximum absolute atomic E-state index is 12.6. The Morgan fingerprint density at radius 2 is 1.94 bits per heavy atom. The molecule has 36 heavy (non-hydrogen) atoms. The van der Waals surface area contributed by atoms with Gasteiger partial charge in [-0.1, -0.05) is 35.9 Å². The van der Waals surface area contributed by atoms with Crippen LogP contribution >= 0.6 is 11.6 Å². The second-order valence-electron chi connectivity index (χ2n) is 9.67. The first-order valence-corrected chi connectivity index (χ1v) is 13.0. The molecule has 4 aromatic rings. The number of para-hydroxylation sites is 1. The number of rotatable bonds is 5. The number of nitrogens with one attached hydrogen (secondary N) is 2. The minimum Gasteiger partial charge on any atom is -0.354 e. The van der Waals surface area contributed by atoms with Gasteiger partial charge in [0.25, 0.3) is 0 Å². The maximum atomic E-state index is 12.6. The summed E-state index contributed by atoms with van der Waals surface area (Å²) in [4.78, 5) is 23.8. The average molecular weight is 501 g/mol. The van der Waals surface area contributed by atoms with Gasteiger partial charge in [-0.15, -0.1) is 0 Å². The summed E-state index contributed by atoms with van der Waals surface area (Å²) in [6, 6.07) is 15.7. The highest BCUT2D eigenvalue weighted by Gasteiger charge is 2.23. The number of nitrogens with zero attached hydrogens (tertiary/aromatic N) is 4. The van der Waals surface area contributed by atoms with Gasteiger partial charge in [-0.2, -0.15) is 0 Å². The molecular formula is C28H29ClN6O. The number of anilines is 2. The standard InChI is InChI=1S/C28H29ClN6O/c29-21-6-2-7-22(16-21)32-28(36)34-14-10-19(11-15-34)17-31-27-30-12-9-25(33-27)24-18-35-13-3-5-20-4-1-8-23(24)26(20)35/h1-2,4,6-9,12,16,18-19H,3,5,10-11,13-15,17H2,(H,32,36)(H,30,31,33). The number of piperidine rings is 1. The number of halogens is 1. The van der Waals surface area contributed by atoms with Crippen molar-refractivity contribution in [3.05, 3.63) is 71.5 Å². The molecule has 184 valence electrons. The summed E-state index contributed by atoms with van der Waals surface area (Å²) >= 11 is 6.02. The molecule has 1 saturated heterocycles. The van der Waals surface area contributed by atoms with E-state index in [4.69, 9.17) is 16.6 Å². The minimum absolute atomic E-state index is 0.0778. The minimum atomic E-state index is -0.0778. The van der Waals surface area contributed by atoms with Crippen LogP contribution in [-0.2, 0) is 13.0 Å². The molecule has 0 aliphatic carbocycles. The molecule has 2 N–H and O–H groups in total. The smallest absolute Gasteiger partial charge is 0.321 e. The third kappa shape index (κ3) is 4.63. The molecule has 0 atom stereocenters. The van der Waals surface area contributed by atoms with E-state index in [1.807, 2.05) is 29.3 Å². The first-order valence-electron chi connectivity index (χ1n) is 12.6. The highest BCUT2D eigenvalue weighted by atomic mass is 35.5. The van der Waals surface area contributed by atoms with Crippen molar-refractivity contribution in [2.75, 3.05) is 30.3 Å². The Hall–Kier alpha value is -3.58. The van der Waals surface area contributed by atoms with Crippen LogP contribution in [0, 0.1) is 5.92 Å². The lowest BCUT2D eigenvalue weighted by Gasteiger charge is -2.32. The lowest BCUT2D eigenvalue weighted by molar-refractivity contribution is 0.185. The molecule has 2 aromatic heterocycles. The van der Waals surface area contributed by atoms with Gasteiger partial charge in [-0.3, -0.25) is 0 Å². The van der Waals surface area contributed by atoms with Gasteiger partial charge in [0.15, 0.2) is 0 Å². The van der Waals surface area contributed by atoms with Crippen LogP contribution in [0.15, 0.2) is 60.9 Å². The molecule has 2 aliphatic rings. The van der Waals surface area contributed by atoms with Crippen molar-refractivity contribution in [2.24, 2.45) is 5.92 Å². The van der Waals surface area contributed by atoms with E-state index in [1.54, 1.807) is 12.1 Å². The zero-order valence-electron chi connectivity index (χ0n) is 20.1. The number of urea groups is 1. The van der Waals surface area contributed by atoms with E-state index in [9.17, 15) is 4.79 Å². The van der Waals surface area contributed by atoms with Gasteiger partial charge in [-0.05, 0) is 61.4 Å². The Morgan fingerprint density at radius 3 is 2.81 bits per heavy atom. The van der Waals surface area contributed by atoms with Crippen LogP contribution in [0.3, 0.4) is 0 Å². The molecule has 0 bridgehead atoms. The third-order valence-electron chi connectivity index (χ3n) is 7.29. The second-order valence-corrected chi connectivity index (χ2v) is 10.1. The van der Waals surface area contributed by atoms with Crippen molar-refractivity contribution in [3.8, 4) is 11.3 Å². The van der Waals surface area contributed by atoms with Crippen molar-refractivity contribution in [1.29, 1.82) is 0 Å². The quantitative estimate of drug-likeness (QED) is 0.349. The Balaban J connectivity index is 1.07. The molecule has 2 amide bonds. The number of aryl methyl sites for hydroxylation is 2. The predicted molar refractivity (Wildman–Crippen MR) is 145 cm³/mol. The molecule has 4 heterocycles. The van der Waals surface area contributed by atoms with Crippen LogP contribution in [0.2, 0.25) is 5.02 Å². The lowest BCUT2D eigenvalue weighted by atomic mass is 9.97. The predicted octanol–water partition coefficient (Wildman–Crippen LogP) is 6.05. The summed E-state index contributed by atoms with van der Waals surface area (Å²) in [5, 5.41) is 8.26. The summed E-state index contributed by atoms with van der Waals surface area (Å²) < 4.78 is 2.37. The van der Waals surface area contributed by atoms with Crippen LogP contribution in [0.1, 0.15) is 24.8 Å². The highest BCUT2D eigenvalue weighted by Crippen LogP contribution is 2.34. The van der Waals surface area contributed by atoms with Gasteiger partial charge in [-0.25, -0.2) is 14.8 Å². The Morgan fingerprint density at radius 1 is 1.08 bits per heavy atom. The first-order chi connectivity index (χ1) is 17.6. The molecule has 6 rings (SSSR count). The van der Waals surface area contributed by atoms with Crippen LogP contribution < -0.4 is 10.6 Å². The van der Waals surface area contributed by atoms with Crippen LogP contribution in [0.5, 0.6) is 0 Å². The van der Waals surface area contributed by atoms with Gasteiger partial charge in [0.1, 0.15) is 0 Å².